The molecule has 1 saturated heterocycles. The minimum atomic E-state index is 0.0882. The second-order valence-electron chi connectivity index (χ2n) is 8.62. The molecule has 6 nitrogen and oxygen atoms in total. The molecule has 1 aromatic carbocycles. The van der Waals surface area contributed by atoms with Crippen molar-refractivity contribution in [2.45, 2.75) is 58.3 Å². The van der Waals surface area contributed by atoms with Crippen LogP contribution in [0.1, 0.15) is 76.4 Å². The molecule has 1 aliphatic carbocycles. The van der Waals surface area contributed by atoms with Gasteiger partial charge in [-0.25, -0.2) is 0 Å². The number of fused-ring (bicyclic) bond motifs is 1. The van der Waals surface area contributed by atoms with Crippen LogP contribution in [0.15, 0.2) is 22.7 Å². The lowest BCUT2D eigenvalue weighted by molar-refractivity contribution is 0.0697. The van der Waals surface area contributed by atoms with Gasteiger partial charge in [-0.15, -0.1) is 0 Å². The molecule has 3 aromatic rings. The van der Waals surface area contributed by atoms with Crippen molar-refractivity contribution in [2.75, 3.05) is 13.1 Å². The van der Waals surface area contributed by atoms with Crippen LogP contribution in [0, 0.1) is 20.8 Å². The molecule has 2 fully saturated rings. The lowest BCUT2D eigenvalue weighted by atomic mass is 9.95. The standard InChI is InChI=1S/C23H26N4O2/c1-13-9-14(2)21-18(10-13)19(11-20(25-21)16-6-7-16)23(28)27-8-4-5-17(12-27)22-24-15(3)26-29-22/h9-11,16-17H,4-8,12H2,1-3H3. The number of rotatable bonds is 3. The van der Waals surface area contributed by atoms with E-state index < -0.39 is 0 Å². The maximum Gasteiger partial charge on any atom is 0.254 e. The fourth-order valence-corrected chi connectivity index (χ4v) is 4.48. The Balaban J connectivity index is 1.53. The number of nitrogens with zero attached hydrogens (tertiary/aromatic N) is 4. The molecular formula is C23H26N4O2. The van der Waals surface area contributed by atoms with Gasteiger partial charge in [0.15, 0.2) is 5.82 Å². The maximum atomic E-state index is 13.6. The van der Waals surface area contributed by atoms with Gasteiger partial charge in [0, 0.05) is 30.1 Å². The number of pyridine rings is 1. The van der Waals surface area contributed by atoms with Gasteiger partial charge in [0.1, 0.15) is 0 Å². The molecule has 6 heteroatoms. The summed E-state index contributed by atoms with van der Waals surface area (Å²) >= 11 is 0. The van der Waals surface area contributed by atoms with E-state index in [9.17, 15) is 4.79 Å². The second-order valence-corrected chi connectivity index (χ2v) is 8.62. The predicted octanol–water partition coefficient (Wildman–Crippen LogP) is 4.44. The van der Waals surface area contributed by atoms with Crippen LogP contribution in [-0.4, -0.2) is 39.0 Å². The fourth-order valence-electron chi connectivity index (χ4n) is 4.48. The molecule has 0 N–H and O–H groups in total. The predicted molar refractivity (Wildman–Crippen MR) is 110 cm³/mol. The molecule has 1 amide bonds. The molecular weight excluding hydrogens is 364 g/mol. The highest BCUT2D eigenvalue weighted by Crippen LogP contribution is 2.41. The lowest BCUT2D eigenvalue weighted by Gasteiger charge is -2.31. The number of aromatic nitrogens is 3. The molecule has 1 aliphatic heterocycles. The second kappa shape index (κ2) is 6.94. The van der Waals surface area contributed by atoms with Crippen LogP contribution in [0.4, 0.5) is 0 Å². The Kier molecular flexibility index (Phi) is 4.37. The topological polar surface area (TPSA) is 72.1 Å². The first-order valence-corrected chi connectivity index (χ1v) is 10.5. The monoisotopic (exact) mass is 390 g/mol. The SMILES string of the molecule is Cc1cc(C)c2nc(C3CC3)cc(C(=O)N3CCCC(c4nc(C)no4)C3)c2c1. The summed E-state index contributed by atoms with van der Waals surface area (Å²) in [5.74, 6) is 1.98. The molecule has 150 valence electrons. The molecule has 29 heavy (non-hydrogen) atoms. The molecule has 5 rings (SSSR count). The zero-order valence-corrected chi connectivity index (χ0v) is 17.2. The van der Waals surface area contributed by atoms with Crippen LogP contribution >= 0.6 is 0 Å². The molecule has 1 saturated carbocycles. The van der Waals surface area contributed by atoms with Gasteiger partial charge in [-0.2, -0.15) is 4.98 Å². The quantitative estimate of drug-likeness (QED) is 0.661. The van der Waals surface area contributed by atoms with Gasteiger partial charge >= 0.3 is 0 Å². The Bertz CT molecular complexity index is 1100. The Morgan fingerprint density at radius 3 is 2.62 bits per heavy atom. The van der Waals surface area contributed by atoms with Crippen molar-refractivity contribution < 1.29 is 9.32 Å². The van der Waals surface area contributed by atoms with Crippen molar-refractivity contribution in [1.29, 1.82) is 0 Å². The summed E-state index contributed by atoms with van der Waals surface area (Å²) in [5, 5.41) is 4.89. The van der Waals surface area contributed by atoms with E-state index >= 15 is 0 Å². The van der Waals surface area contributed by atoms with E-state index in [2.05, 4.69) is 36.1 Å². The lowest BCUT2D eigenvalue weighted by Crippen LogP contribution is -2.39. The minimum absolute atomic E-state index is 0.0882. The fraction of sp³-hybridized carbons (Fsp3) is 0.478. The van der Waals surface area contributed by atoms with Crippen LogP contribution in [0.25, 0.3) is 10.9 Å². The Morgan fingerprint density at radius 1 is 1.07 bits per heavy atom. The Hall–Kier alpha value is -2.76. The van der Waals surface area contributed by atoms with Crippen molar-refractivity contribution in [3.8, 4) is 0 Å². The molecule has 2 aromatic heterocycles. The number of amides is 1. The number of hydrogen-bond acceptors (Lipinski definition) is 5. The van der Waals surface area contributed by atoms with Crippen molar-refractivity contribution in [2.24, 2.45) is 0 Å². The number of aryl methyl sites for hydroxylation is 3. The summed E-state index contributed by atoms with van der Waals surface area (Å²) in [4.78, 5) is 24.9. The summed E-state index contributed by atoms with van der Waals surface area (Å²) in [6, 6.07) is 6.29. The maximum absolute atomic E-state index is 13.6. The third kappa shape index (κ3) is 3.41. The highest BCUT2D eigenvalue weighted by Gasteiger charge is 2.32. The molecule has 0 bridgehead atoms. The van der Waals surface area contributed by atoms with Crippen LogP contribution < -0.4 is 0 Å². The molecule has 1 unspecified atom stereocenters. The van der Waals surface area contributed by atoms with Gasteiger partial charge in [0.2, 0.25) is 5.89 Å². The van der Waals surface area contributed by atoms with Gasteiger partial charge in [-0.3, -0.25) is 9.78 Å². The van der Waals surface area contributed by atoms with Crippen molar-refractivity contribution in [3.05, 3.63) is 52.3 Å². The average molecular weight is 390 g/mol. The Labute approximate surface area is 170 Å². The van der Waals surface area contributed by atoms with Gasteiger partial charge in [0.05, 0.1) is 17.0 Å². The first kappa shape index (κ1) is 18.3. The summed E-state index contributed by atoms with van der Waals surface area (Å²) in [5.41, 5.74) is 5.10. The van der Waals surface area contributed by atoms with Gasteiger partial charge in [-0.05, 0) is 64.2 Å². The zero-order valence-electron chi connectivity index (χ0n) is 17.2. The molecule has 1 atom stereocenters. The summed E-state index contributed by atoms with van der Waals surface area (Å²) in [7, 11) is 0. The van der Waals surface area contributed by atoms with E-state index in [4.69, 9.17) is 9.51 Å². The van der Waals surface area contributed by atoms with E-state index in [0.29, 0.717) is 24.2 Å². The smallest absolute Gasteiger partial charge is 0.254 e. The van der Waals surface area contributed by atoms with Crippen molar-refractivity contribution >= 4 is 16.8 Å². The van der Waals surface area contributed by atoms with Gasteiger partial charge in [0.25, 0.3) is 5.91 Å². The van der Waals surface area contributed by atoms with Crippen LogP contribution in [-0.2, 0) is 0 Å². The highest BCUT2D eigenvalue weighted by atomic mass is 16.5. The average Bonchev–Trinajstić information content (AvgIpc) is 3.47. The highest BCUT2D eigenvalue weighted by molar-refractivity contribution is 6.07. The van der Waals surface area contributed by atoms with Crippen LogP contribution in [0.5, 0.6) is 0 Å². The van der Waals surface area contributed by atoms with Gasteiger partial charge < -0.3 is 9.42 Å². The van der Waals surface area contributed by atoms with E-state index in [0.717, 1.165) is 52.7 Å². The number of benzene rings is 1. The number of hydrogen-bond donors (Lipinski definition) is 0. The summed E-state index contributed by atoms with van der Waals surface area (Å²) in [6.45, 7) is 7.36. The van der Waals surface area contributed by atoms with Crippen LogP contribution in [0.2, 0.25) is 0 Å². The molecule has 3 heterocycles. The number of likely N-dealkylation sites (tertiary alicyclic amines) is 1. The third-order valence-electron chi connectivity index (χ3n) is 6.10. The number of carbonyl (C=O) groups excluding carboxylic acids is 1. The normalized spacial score (nSPS) is 19.7. The number of piperidine rings is 1. The minimum Gasteiger partial charge on any atom is -0.339 e. The first-order chi connectivity index (χ1) is 14.0. The summed E-state index contributed by atoms with van der Waals surface area (Å²) in [6.07, 6.45) is 4.24. The largest absolute Gasteiger partial charge is 0.339 e. The Morgan fingerprint density at radius 2 is 1.90 bits per heavy atom. The zero-order chi connectivity index (χ0) is 20.1. The van der Waals surface area contributed by atoms with E-state index in [1.165, 1.54) is 12.8 Å². The first-order valence-electron chi connectivity index (χ1n) is 10.5. The third-order valence-corrected chi connectivity index (χ3v) is 6.10. The van der Waals surface area contributed by atoms with E-state index in [1.807, 2.05) is 17.9 Å². The van der Waals surface area contributed by atoms with Crippen molar-refractivity contribution in [3.63, 3.8) is 0 Å². The van der Waals surface area contributed by atoms with E-state index in [-0.39, 0.29) is 11.8 Å². The van der Waals surface area contributed by atoms with Gasteiger partial charge in [-0.1, -0.05) is 16.8 Å². The van der Waals surface area contributed by atoms with Crippen LogP contribution in [0.3, 0.4) is 0 Å². The molecule has 0 spiro atoms. The molecule has 0 radical (unpaired) electrons. The van der Waals surface area contributed by atoms with Crippen molar-refractivity contribution in [1.82, 2.24) is 20.0 Å². The number of carbonyl (C=O) groups is 1. The van der Waals surface area contributed by atoms with E-state index in [1.54, 1.807) is 0 Å². The summed E-state index contributed by atoms with van der Waals surface area (Å²) < 4.78 is 5.39. The molecule has 2 aliphatic rings.